The largest absolute Gasteiger partial charge is 0.361 e. The Morgan fingerprint density at radius 1 is 1.09 bits per heavy atom. The van der Waals surface area contributed by atoms with Crippen molar-refractivity contribution < 1.29 is 12.8 Å². The van der Waals surface area contributed by atoms with Gasteiger partial charge in [0, 0.05) is 29.8 Å². The third-order valence-corrected chi connectivity index (χ3v) is 3.99. The molecule has 3 aromatic rings. The molecule has 0 aliphatic heterocycles. The Morgan fingerprint density at radius 2 is 1.86 bits per heavy atom. The first-order chi connectivity index (χ1) is 10.5. The Labute approximate surface area is 126 Å². The third-order valence-electron chi connectivity index (χ3n) is 3.13. The average molecular weight is 317 g/mol. The number of aromatic amines is 1. The van der Waals surface area contributed by atoms with Crippen molar-refractivity contribution in [3.05, 3.63) is 54.6 Å². The van der Waals surface area contributed by atoms with Gasteiger partial charge < -0.3 is 4.98 Å². The summed E-state index contributed by atoms with van der Waals surface area (Å²) >= 11 is 0. The number of sulfone groups is 1. The second-order valence-corrected chi connectivity index (χ2v) is 6.65. The minimum Gasteiger partial charge on any atom is -0.361 e. The number of halogens is 1. The number of benzene rings is 1. The number of hydrogen-bond donors (Lipinski definition) is 1. The highest BCUT2D eigenvalue weighted by atomic mass is 32.2. The molecule has 7 heteroatoms. The van der Waals surface area contributed by atoms with Crippen molar-refractivity contribution in [3.8, 4) is 22.5 Å². The second-order valence-electron chi connectivity index (χ2n) is 4.74. The van der Waals surface area contributed by atoms with Gasteiger partial charge in [0.1, 0.15) is 5.82 Å². The van der Waals surface area contributed by atoms with Gasteiger partial charge in [-0.25, -0.2) is 22.8 Å². The molecule has 0 spiro atoms. The highest BCUT2D eigenvalue weighted by Gasteiger charge is 2.16. The fraction of sp³-hybridized carbons (Fsp3) is 0.0667. The van der Waals surface area contributed by atoms with E-state index >= 15 is 0 Å². The van der Waals surface area contributed by atoms with E-state index in [2.05, 4.69) is 15.0 Å². The van der Waals surface area contributed by atoms with Crippen molar-refractivity contribution in [1.29, 1.82) is 0 Å². The van der Waals surface area contributed by atoms with Crippen LogP contribution in [0.3, 0.4) is 0 Å². The molecule has 0 atom stereocenters. The summed E-state index contributed by atoms with van der Waals surface area (Å²) in [6, 6.07) is 9.64. The predicted molar refractivity (Wildman–Crippen MR) is 80.3 cm³/mol. The summed E-state index contributed by atoms with van der Waals surface area (Å²) in [5, 5.41) is -0.259. The second kappa shape index (κ2) is 5.34. The van der Waals surface area contributed by atoms with Crippen LogP contribution in [-0.2, 0) is 9.84 Å². The first kappa shape index (κ1) is 14.4. The smallest absolute Gasteiger partial charge is 0.247 e. The molecule has 2 aromatic heterocycles. The zero-order chi connectivity index (χ0) is 15.7. The monoisotopic (exact) mass is 317 g/mol. The Balaban J connectivity index is 2.16. The van der Waals surface area contributed by atoms with Gasteiger partial charge in [-0.2, -0.15) is 0 Å². The molecule has 22 heavy (non-hydrogen) atoms. The molecule has 112 valence electrons. The fourth-order valence-electron chi connectivity index (χ4n) is 2.14. The third kappa shape index (κ3) is 2.62. The normalized spacial score (nSPS) is 11.5. The Bertz CT molecular complexity index is 935. The summed E-state index contributed by atoms with van der Waals surface area (Å²) in [7, 11) is -3.51. The minimum absolute atomic E-state index is 0.259. The predicted octanol–water partition coefficient (Wildman–Crippen LogP) is 2.68. The fourth-order valence-corrected chi connectivity index (χ4v) is 2.66. The maximum Gasteiger partial charge on any atom is 0.247 e. The molecule has 0 aliphatic carbocycles. The molecule has 0 amide bonds. The average Bonchev–Trinajstić information content (AvgIpc) is 2.96. The SMILES string of the molecule is CS(=O)(=O)c1nccc(-c2cc[nH]c2-c2ccccc2F)n1. The molecule has 0 bridgehead atoms. The Hall–Kier alpha value is -2.54. The van der Waals surface area contributed by atoms with E-state index in [9.17, 15) is 12.8 Å². The summed E-state index contributed by atoms with van der Waals surface area (Å²) in [5.74, 6) is -0.372. The van der Waals surface area contributed by atoms with Gasteiger partial charge >= 0.3 is 0 Å². The molecule has 1 N–H and O–H groups in total. The topological polar surface area (TPSA) is 75.7 Å². The van der Waals surface area contributed by atoms with Gasteiger partial charge in [-0.05, 0) is 24.3 Å². The molecule has 1 aromatic carbocycles. The van der Waals surface area contributed by atoms with Crippen LogP contribution in [0.15, 0.2) is 53.9 Å². The first-order valence-corrected chi connectivity index (χ1v) is 8.32. The number of nitrogens with zero attached hydrogens (tertiary/aromatic N) is 2. The van der Waals surface area contributed by atoms with Gasteiger partial charge in [-0.3, -0.25) is 0 Å². The van der Waals surface area contributed by atoms with Crippen molar-refractivity contribution in [2.45, 2.75) is 5.16 Å². The van der Waals surface area contributed by atoms with E-state index in [4.69, 9.17) is 0 Å². The van der Waals surface area contributed by atoms with Gasteiger partial charge in [-0.15, -0.1) is 0 Å². The summed E-state index contributed by atoms with van der Waals surface area (Å²) in [6.07, 6.45) is 4.07. The summed E-state index contributed by atoms with van der Waals surface area (Å²) in [6.45, 7) is 0. The maximum atomic E-state index is 14.0. The Morgan fingerprint density at radius 3 is 2.59 bits per heavy atom. The molecule has 5 nitrogen and oxygen atoms in total. The molecular formula is C15H12FN3O2S. The van der Waals surface area contributed by atoms with Gasteiger partial charge in [0.05, 0.1) is 11.4 Å². The van der Waals surface area contributed by atoms with E-state index < -0.39 is 9.84 Å². The van der Waals surface area contributed by atoms with E-state index in [0.717, 1.165) is 6.26 Å². The van der Waals surface area contributed by atoms with Crippen LogP contribution in [0.25, 0.3) is 22.5 Å². The summed E-state index contributed by atoms with van der Waals surface area (Å²) in [5.41, 5.74) is 1.95. The lowest BCUT2D eigenvalue weighted by atomic mass is 10.1. The molecule has 2 heterocycles. The molecular weight excluding hydrogens is 305 g/mol. The lowest BCUT2D eigenvalue weighted by Gasteiger charge is -2.06. The standard InChI is InChI=1S/C15H12FN3O2S/c1-22(20,21)15-18-9-7-13(19-15)11-6-8-17-14(11)10-4-2-3-5-12(10)16/h2-9,17H,1H3. The van der Waals surface area contributed by atoms with Crippen molar-refractivity contribution in [1.82, 2.24) is 15.0 Å². The molecule has 0 aliphatic rings. The number of aromatic nitrogens is 3. The number of hydrogen-bond acceptors (Lipinski definition) is 4. The zero-order valence-electron chi connectivity index (χ0n) is 11.6. The molecule has 0 radical (unpaired) electrons. The highest BCUT2D eigenvalue weighted by Crippen LogP contribution is 2.31. The lowest BCUT2D eigenvalue weighted by molar-refractivity contribution is 0.593. The highest BCUT2D eigenvalue weighted by molar-refractivity contribution is 7.90. The van der Waals surface area contributed by atoms with Crippen LogP contribution in [0.1, 0.15) is 0 Å². The van der Waals surface area contributed by atoms with E-state index in [1.54, 1.807) is 36.5 Å². The van der Waals surface area contributed by atoms with Crippen molar-refractivity contribution in [3.63, 3.8) is 0 Å². The molecule has 0 fully saturated rings. The van der Waals surface area contributed by atoms with E-state index in [1.165, 1.54) is 12.3 Å². The van der Waals surface area contributed by atoms with Gasteiger partial charge in [0.25, 0.3) is 0 Å². The van der Waals surface area contributed by atoms with E-state index in [1.807, 2.05) is 0 Å². The van der Waals surface area contributed by atoms with Crippen LogP contribution in [0, 0.1) is 5.82 Å². The van der Waals surface area contributed by atoms with Crippen molar-refractivity contribution >= 4 is 9.84 Å². The van der Waals surface area contributed by atoms with Gasteiger partial charge in [-0.1, -0.05) is 12.1 Å². The summed E-state index contributed by atoms with van der Waals surface area (Å²) in [4.78, 5) is 10.8. The summed E-state index contributed by atoms with van der Waals surface area (Å²) < 4.78 is 37.1. The molecule has 0 saturated carbocycles. The zero-order valence-corrected chi connectivity index (χ0v) is 12.4. The minimum atomic E-state index is -3.51. The number of H-pyrrole nitrogens is 1. The molecule has 0 saturated heterocycles. The van der Waals surface area contributed by atoms with Crippen LogP contribution in [0.4, 0.5) is 4.39 Å². The van der Waals surface area contributed by atoms with Crippen molar-refractivity contribution in [2.75, 3.05) is 6.26 Å². The van der Waals surface area contributed by atoms with Crippen molar-refractivity contribution in [2.24, 2.45) is 0 Å². The van der Waals surface area contributed by atoms with Crippen LogP contribution >= 0.6 is 0 Å². The lowest BCUT2D eigenvalue weighted by Crippen LogP contribution is -2.04. The van der Waals surface area contributed by atoms with E-state index in [0.29, 0.717) is 22.5 Å². The first-order valence-electron chi connectivity index (χ1n) is 6.42. The van der Waals surface area contributed by atoms with Crippen LogP contribution in [0.2, 0.25) is 0 Å². The number of nitrogens with one attached hydrogen (secondary N) is 1. The van der Waals surface area contributed by atoms with Gasteiger partial charge in [0.15, 0.2) is 0 Å². The maximum absolute atomic E-state index is 14.0. The van der Waals surface area contributed by atoms with Crippen LogP contribution in [0.5, 0.6) is 0 Å². The van der Waals surface area contributed by atoms with E-state index in [-0.39, 0.29) is 11.0 Å². The number of rotatable bonds is 3. The van der Waals surface area contributed by atoms with Crippen LogP contribution in [-0.4, -0.2) is 29.6 Å². The van der Waals surface area contributed by atoms with Crippen LogP contribution < -0.4 is 0 Å². The Kier molecular flexibility index (Phi) is 3.50. The van der Waals surface area contributed by atoms with Gasteiger partial charge in [0.2, 0.25) is 15.0 Å². The molecule has 0 unspecified atom stereocenters. The molecule has 3 rings (SSSR count). The quantitative estimate of drug-likeness (QED) is 0.754.